The molecule has 1 fully saturated rings. The molecule has 1 aliphatic rings. The van der Waals surface area contributed by atoms with Gasteiger partial charge in [0.1, 0.15) is 12.3 Å². The van der Waals surface area contributed by atoms with Crippen molar-refractivity contribution >= 4 is 29.0 Å². The number of hydrogen-bond acceptors (Lipinski definition) is 10. The van der Waals surface area contributed by atoms with Crippen LogP contribution in [0.25, 0.3) is 11.2 Å². The fourth-order valence-electron chi connectivity index (χ4n) is 5.21. The van der Waals surface area contributed by atoms with Crippen molar-refractivity contribution in [1.29, 1.82) is 0 Å². The van der Waals surface area contributed by atoms with Crippen LogP contribution in [0, 0.1) is 18.4 Å². The van der Waals surface area contributed by atoms with Gasteiger partial charge in [0, 0.05) is 6.42 Å². The fourth-order valence-corrected chi connectivity index (χ4v) is 5.21. The molecule has 2 aromatic rings. The summed E-state index contributed by atoms with van der Waals surface area (Å²) in [6.45, 7) is 1.23. The smallest absolute Gasteiger partial charge is 0.413 e. The number of imidazole rings is 1. The van der Waals surface area contributed by atoms with E-state index in [4.69, 9.17) is 20.6 Å². The second kappa shape index (κ2) is 18.5. The Balaban J connectivity index is 1.31. The van der Waals surface area contributed by atoms with E-state index in [0.717, 1.165) is 19.3 Å². The highest BCUT2D eigenvalue weighted by Crippen LogP contribution is 2.37. The molecular weight excluding hydrogens is 573 g/mol. The molecule has 0 aromatic carbocycles. The number of rotatable bonds is 20. The molecule has 0 bridgehead atoms. The molecule has 2 aromatic heterocycles. The lowest BCUT2D eigenvalue weighted by Gasteiger charge is -2.23. The predicted octanol–water partition coefficient (Wildman–Crippen LogP) is 5.18. The van der Waals surface area contributed by atoms with Crippen molar-refractivity contribution in [1.82, 2.24) is 19.5 Å². The van der Waals surface area contributed by atoms with Crippen LogP contribution in [0.15, 0.2) is 6.33 Å². The molecule has 3 rings (SSSR count). The Hall–Kier alpha value is -3.34. The molecule has 0 spiro atoms. The van der Waals surface area contributed by atoms with Gasteiger partial charge < -0.3 is 24.4 Å². The lowest BCUT2D eigenvalue weighted by atomic mass is 9.99. The molecule has 3 N–H and O–H groups in total. The van der Waals surface area contributed by atoms with Gasteiger partial charge in [0.05, 0.1) is 19.5 Å². The van der Waals surface area contributed by atoms with Gasteiger partial charge in [-0.05, 0) is 6.42 Å². The minimum Gasteiger partial charge on any atom is -0.463 e. The number of carbonyl (C=O) groups excluding carboxylic acids is 2. The van der Waals surface area contributed by atoms with Crippen molar-refractivity contribution in [2.45, 2.75) is 121 Å². The van der Waals surface area contributed by atoms with Gasteiger partial charge in [-0.3, -0.25) is 9.88 Å². The molecule has 13 heteroatoms. The van der Waals surface area contributed by atoms with Crippen LogP contribution in [-0.4, -0.2) is 73.3 Å². The number of nitrogens with zero attached hydrogens (tertiary/aromatic N) is 4. The van der Waals surface area contributed by atoms with E-state index in [1.54, 1.807) is 0 Å². The molecule has 0 radical (unpaired) electrons. The number of anilines is 1. The number of terminal acetylenes is 1. The summed E-state index contributed by atoms with van der Waals surface area (Å²) >= 11 is 0. The number of ether oxygens (including phenoxy) is 3. The van der Waals surface area contributed by atoms with Crippen LogP contribution in [0.5, 0.6) is 0 Å². The van der Waals surface area contributed by atoms with Crippen LogP contribution >= 0.6 is 0 Å². The Labute approximate surface area is 258 Å². The number of fused-ring (bicyclic) bond motifs is 1. The van der Waals surface area contributed by atoms with Gasteiger partial charge in [-0.2, -0.15) is 14.4 Å². The molecule has 3 atom stereocenters. The summed E-state index contributed by atoms with van der Waals surface area (Å²) in [4.78, 5) is 35.7. The van der Waals surface area contributed by atoms with Crippen LogP contribution < -0.4 is 5.32 Å². The molecule has 3 heterocycles. The first-order valence-corrected chi connectivity index (χ1v) is 15.8. The van der Waals surface area contributed by atoms with Crippen LogP contribution in [-0.2, 0) is 19.0 Å². The third kappa shape index (κ3) is 10.4. The molecule has 0 saturated carbocycles. The average molecular weight is 620 g/mol. The topological polar surface area (TPSA) is 158 Å². The van der Waals surface area contributed by atoms with Gasteiger partial charge in [-0.1, -0.05) is 96.3 Å². The number of esters is 1. The van der Waals surface area contributed by atoms with E-state index in [0.29, 0.717) is 0 Å². The van der Waals surface area contributed by atoms with Crippen molar-refractivity contribution in [3.63, 3.8) is 0 Å². The summed E-state index contributed by atoms with van der Waals surface area (Å²) in [5.41, 5.74) is -1.67. The zero-order valence-corrected chi connectivity index (χ0v) is 25.6. The molecule has 0 unspecified atom stereocenters. The highest BCUT2D eigenvalue weighted by Gasteiger charge is 2.47. The molecule has 1 aliphatic heterocycles. The Morgan fingerprint density at radius 1 is 1.07 bits per heavy atom. The maximum atomic E-state index is 14.3. The van der Waals surface area contributed by atoms with Crippen molar-refractivity contribution in [2.24, 2.45) is 0 Å². The maximum Gasteiger partial charge on any atom is 0.413 e. The third-order valence-electron chi connectivity index (χ3n) is 7.80. The number of nitrogens with one attached hydrogen (secondary N) is 1. The lowest BCUT2D eigenvalue weighted by molar-refractivity contribution is -0.147. The largest absolute Gasteiger partial charge is 0.463 e. The average Bonchev–Trinajstić information content (AvgIpc) is 3.58. The minimum absolute atomic E-state index is 0.00373. The second-order valence-corrected chi connectivity index (χ2v) is 11.2. The molecule has 0 aliphatic carbocycles. The van der Waals surface area contributed by atoms with E-state index in [1.807, 2.05) is 0 Å². The summed E-state index contributed by atoms with van der Waals surface area (Å²) < 4.78 is 31.3. The SMILES string of the molecule is C#C[C@]1(CO)O[C@@H](n2cnc3c(NC(=O)OCC(=O)OCCCCCCCCCCCCCCCC)nc(F)nc32)C[C@@H]1O. The summed E-state index contributed by atoms with van der Waals surface area (Å²) in [6, 6.07) is 0. The van der Waals surface area contributed by atoms with E-state index in [1.165, 1.54) is 81.5 Å². The van der Waals surface area contributed by atoms with Crippen molar-refractivity contribution in [3.05, 3.63) is 12.4 Å². The highest BCUT2D eigenvalue weighted by atomic mass is 19.1. The Morgan fingerprint density at radius 2 is 1.68 bits per heavy atom. The first-order chi connectivity index (χ1) is 21.3. The van der Waals surface area contributed by atoms with Crippen molar-refractivity contribution in [3.8, 4) is 12.3 Å². The van der Waals surface area contributed by atoms with Gasteiger partial charge in [0.15, 0.2) is 29.2 Å². The Kier molecular flexibility index (Phi) is 14.7. The summed E-state index contributed by atoms with van der Waals surface area (Å²) in [5, 5.41) is 22.2. The van der Waals surface area contributed by atoms with Crippen molar-refractivity contribution in [2.75, 3.05) is 25.1 Å². The standard InChI is InChI=1S/C31H46FN5O7/c1-3-5-6-7-8-9-10-11-12-13-14-15-16-17-18-42-25(40)20-43-30(41)35-27-26-28(36-29(32)34-27)37(22-33-26)24-19-23(39)31(4-2,21-38)44-24/h2,22-24,38-39H,3,5-21H2,1H3,(H,34,35,36,41)/t23-,24+,31+/m0/s1. The van der Waals surface area contributed by atoms with Crippen LogP contribution in [0.4, 0.5) is 15.0 Å². The highest BCUT2D eigenvalue weighted by molar-refractivity contribution is 5.94. The Bertz CT molecular complexity index is 1240. The van der Waals surface area contributed by atoms with E-state index in [-0.39, 0.29) is 30.0 Å². The lowest BCUT2D eigenvalue weighted by Crippen LogP contribution is -2.41. The van der Waals surface area contributed by atoms with Gasteiger partial charge in [-0.25, -0.2) is 14.6 Å². The second-order valence-electron chi connectivity index (χ2n) is 11.2. The van der Waals surface area contributed by atoms with Crippen LogP contribution in [0.2, 0.25) is 0 Å². The van der Waals surface area contributed by atoms with Crippen molar-refractivity contribution < 1.29 is 38.4 Å². The molecule has 12 nitrogen and oxygen atoms in total. The number of aliphatic hydroxyl groups is 2. The van der Waals surface area contributed by atoms with E-state index in [9.17, 15) is 24.2 Å². The summed E-state index contributed by atoms with van der Waals surface area (Å²) in [6.07, 6.45) is 19.5. The first-order valence-electron chi connectivity index (χ1n) is 15.8. The quantitative estimate of drug-likeness (QED) is 0.0780. The number of aromatic nitrogens is 4. The van der Waals surface area contributed by atoms with E-state index in [2.05, 4.69) is 33.1 Å². The fraction of sp³-hybridized carbons (Fsp3) is 0.710. The van der Waals surface area contributed by atoms with Gasteiger partial charge in [0.2, 0.25) is 0 Å². The summed E-state index contributed by atoms with van der Waals surface area (Å²) in [7, 11) is 0. The monoisotopic (exact) mass is 619 g/mol. The number of hydrogen-bond donors (Lipinski definition) is 3. The Morgan fingerprint density at radius 3 is 2.25 bits per heavy atom. The number of carbonyl (C=O) groups is 2. The van der Waals surface area contributed by atoms with Gasteiger partial charge in [0.25, 0.3) is 0 Å². The van der Waals surface area contributed by atoms with E-state index < -0.39 is 49.3 Å². The minimum atomic E-state index is -1.63. The predicted molar refractivity (Wildman–Crippen MR) is 161 cm³/mol. The summed E-state index contributed by atoms with van der Waals surface area (Å²) in [5.74, 6) is 1.26. The molecular formula is C31H46FN5O7. The number of amides is 1. The van der Waals surface area contributed by atoms with Crippen LogP contribution in [0.1, 0.15) is 109 Å². The maximum absolute atomic E-state index is 14.3. The van der Waals surface area contributed by atoms with Gasteiger partial charge >= 0.3 is 18.1 Å². The third-order valence-corrected chi connectivity index (χ3v) is 7.80. The zero-order chi connectivity index (χ0) is 31.8. The normalized spacial score (nSPS) is 19.6. The van der Waals surface area contributed by atoms with Gasteiger partial charge in [-0.15, -0.1) is 6.42 Å². The first kappa shape index (κ1) is 35.1. The molecule has 44 heavy (non-hydrogen) atoms. The zero-order valence-electron chi connectivity index (χ0n) is 25.6. The molecule has 244 valence electrons. The molecule has 1 saturated heterocycles. The van der Waals surface area contributed by atoms with Crippen LogP contribution in [0.3, 0.4) is 0 Å². The molecule has 1 amide bonds. The van der Waals surface area contributed by atoms with E-state index >= 15 is 0 Å². The number of aliphatic hydroxyl groups excluding tert-OH is 2. The number of halogens is 1. The number of unbranched alkanes of at least 4 members (excludes halogenated alkanes) is 13.